The molecule has 1 aromatic rings. The van der Waals surface area contributed by atoms with Crippen LogP contribution < -0.4 is 10.6 Å². The minimum atomic E-state index is 0.733. The highest BCUT2D eigenvalue weighted by Gasteiger charge is 2.24. The molecule has 1 aliphatic rings. The summed E-state index contributed by atoms with van der Waals surface area (Å²) in [5.74, 6) is 0.948. The standard InChI is InChI=1S/C9H16N4S/c1-12-6-8(10)9(11-12)13-4-3-7(5-13)14-2/h6-7H,3-5,10H2,1-2H3. The summed E-state index contributed by atoms with van der Waals surface area (Å²) in [4.78, 5) is 2.27. The van der Waals surface area contributed by atoms with Gasteiger partial charge in [-0.3, -0.25) is 4.68 Å². The molecule has 2 rings (SSSR count). The Balaban J connectivity index is 2.13. The van der Waals surface area contributed by atoms with Crippen LogP contribution in [0.15, 0.2) is 6.20 Å². The number of aryl methyl sites for hydroxylation is 1. The minimum absolute atomic E-state index is 0.733. The zero-order valence-electron chi connectivity index (χ0n) is 8.60. The fourth-order valence-corrected chi connectivity index (χ4v) is 2.52. The van der Waals surface area contributed by atoms with E-state index in [1.165, 1.54) is 6.42 Å². The second-order valence-corrected chi connectivity index (χ2v) is 4.81. The summed E-state index contributed by atoms with van der Waals surface area (Å²) in [7, 11) is 1.90. The van der Waals surface area contributed by atoms with Crippen LogP contribution in [-0.4, -0.2) is 34.4 Å². The van der Waals surface area contributed by atoms with Crippen LogP contribution in [0.3, 0.4) is 0 Å². The molecular formula is C9H16N4S. The number of hydrogen-bond donors (Lipinski definition) is 1. The second kappa shape index (κ2) is 3.73. The summed E-state index contributed by atoms with van der Waals surface area (Å²) in [6.07, 6.45) is 5.26. The number of hydrogen-bond acceptors (Lipinski definition) is 4. The summed E-state index contributed by atoms with van der Waals surface area (Å²) in [5, 5.41) is 5.10. The molecule has 0 amide bonds. The summed E-state index contributed by atoms with van der Waals surface area (Å²) < 4.78 is 1.77. The Bertz CT molecular complexity index is 323. The van der Waals surface area contributed by atoms with Gasteiger partial charge in [0.2, 0.25) is 0 Å². The van der Waals surface area contributed by atoms with Gasteiger partial charge in [0, 0.05) is 31.6 Å². The van der Waals surface area contributed by atoms with Crippen LogP contribution in [0.25, 0.3) is 0 Å². The highest BCUT2D eigenvalue weighted by molar-refractivity contribution is 7.99. The molecule has 1 atom stereocenters. The van der Waals surface area contributed by atoms with Gasteiger partial charge in [-0.15, -0.1) is 0 Å². The Morgan fingerprint density at radius 2 is 2.43 bits per heavy atom. The van der Waals surface area contributed by atoms with E-state index in [2.05, 4.69) is 16.3 Å². The fraction of sp³-hybridized carbons (Fsp3) is 0.667. The van der Waals surface area contributed by atoms with Crippen molar-refractivity contribution < 1.29 is 0 Å². The van der Waals surface area contributed by atoms with Crippen molar-refractivity contribution in [3.05, 3.63) is 6.20 Å². The van der Waals surface area contributed by atoms with Crippen LogP contribution in [0.4, 0.5) is 11.5 Å². The van der Waals surface area contributed by atoms with Crippen LogP contribution in [0.2, 0.25) is 0 Å². The molecule has 0 saturated carbocycles. The number of nitrogens with zero attached hydrogens (tertiary/aromatic N) is 3. The van der Waals surface area contributed by atoms with Crippen molar-refractivity contribution in [1.82, 2.24) is 9.78 Å². The highest BCUT2D eigenvalue weighted by atomic mass is 32.2. The number of thioether (sulfide) groups is 1. The van der Waals surface area contributed by atoms with Gasteiger partial charge in [-0.25, -0.2) is 0 Å². The van der Waals surface area contributed by atoms with Gasteiger partial charge in [0.05, 0.1) is 5.69 Å². The van der Waals surface area contributed by atoms with Gasteiger partial charge in [0.25, 0.3) is 0 Å². The number of nitrogen functional groups attached to an aromatic ring is 1. The molecule has 1 unspecified atom stereocenters. The molecule has 0 spiro atoms. The molecule has 0 aliphatic carbocycles. The summed E-state index contributed by atoms with van der Waals surface area (Å²) in [5.41, 5.74) is 6.66. The Kier molecular flexibility index (Phi) is 2.58. The molecule has 1 fully saturated rings. The topological polar surface area (TPSA) is 47.1 Å². The van der Waals surface area contributed by atoms with Crippen molar-refractivity contribution in [1.29, 1.82) is 0 Å². The minimum Gasteiger partial charge on any atom is -0.394 e. The largest absolute Gasteiger partial charge is 0.394 e. The normalized spacial score (nSPS) is 21.9. The highest BCUT2D eigenvalue weighted by Crippen LogP contribution is 2.28. The number of aromatic nitrogens is 2. The molecule has 2 N–H and O–H groups in total. The third kappa shape index (κ3) is 1.68. The van der Waals surface area contributed by atoms with E-state index in [0.29, 0.717) is 0 Å². The van der Waals surface area contributed by atoms with E-state index in [1.54, 1.807) is 4.68 Å². The van der Waals surface area contributed by atoms with Crippen LogP contribution in [0.5, 0.6) is 0 Å². The first-order valence-corrected chi connectivity index (χ1v) is 6.06. The SMILES string of the molecule is CSC1CCN(c2nn(C)cc2N)C1. The maximum atomic E-state index is 5.88. The lowest BCUT2D eigenvalue weighted by Gasteiger charge is -2.15. The molecule has 5 heteroatoms. The van der Waals surface area contributed by atoms with Gasteiger partial charge in [0.1, 0.15) is 0 Å². The lowest BCUT2D eigenvalue weighted by atomic mass is 10.4. The Morgan fingerprint density at radius 3 is 2.93 bits per heavy atom. The van der Waals surface area contributed by atoms with E-state index in [0.717, 1.165) is 29.8 Å². The van der Waals surface area contributed by atoms with Gasteiger partial charge in [-0.05, 0) is 12.7 Å². The van der Waals surface area contributed by atoms with Crippen molar-refractivity contribution >= 4 is 23.3 Å². The predicted molar refractivity (Wildman–Crippen MR) is 61.8 cm³/mol. The lowest BCUT2D eigenvalue weighted by Crippen LogP contribution is -2.21. The van der Waals surface area contributed by atoms with Crippen LogP contribution in [0.1, 0.15) is 6.42 Å². The number of rotatable bonds is 2. The maximum absolute atomic E-state index is 5.88. The summed E-state index contributed by atoms with van der Waals surface area (Å²) >= 11 is 1.93. The van der Waals surface area contributed by atoms with Gasteiger partial charge in [0.15, 0.2) is 5.82 Å². The van der Waals surface area contributed by atoms with Crippen molar-refractivity contribution in [2.45, 2.75) is 11.7 Å². The molecular weight excluding hydrogens is 196 g/mol. The molecule has 14 heavy (non-hydrogen) atoms. The van der Waals surface area contributed by atoms with Crippen LogP contribution >= 0.6 is 11.8 Å². The zero-order chi connectivity index (χ0) is 10.1. The molecule has 1 aliphatic heterocycles. The monoisotopic (exact) mass is 212 g/mol. The van der Waals surface area contributed by atoms with Gasteiger partial charge < -0.3 is 10.6 Å². The first-order chi connectivity index (χ1) is 6.70. The second-order valence-electron chi connectivity index (χ2n) is 3.67. The number of anilines is 2. The van der Waals surface area contributed by atoms with E-state index >= 15 is 0 Å². The quantitative estimate of drug-likeness (QED) is 0.792. The van der Waals surface area contributed by atoms with E-state index < -0.39 is 0 Å². The molecule has 1 saturated heterocycles. The first-order valence-electron chi connectivity index (χ1n) is 4.77. The number of nitrogens with two attached hydrogens (primary N) is 1. The molecule has 1 aromatic heterocycles. The van der Waals surface area contributed by atoms with Gasteiger partial charge in [-0.1, -0.05) is 0 Å². The summed E-state index contributed by atoms with van der Waals surface area (Å²) in [6, 6.07) is 0. The molecule has 0 radical (unpaired) electrons. The van der Waals surface area contributed by atoms with Crippen molar-refractivity contribution in [3.8, 4) is 0 Å². The third-order valence-electron chi connectivity index (χ3n) is 2.61. The van der Waals surface area contributed by atoms with E-state index in [9.17, 15) is 0 Å². The average Bonchev–Trinajstić information content (AvgIpc) is 2.71. The zero-order valence-corrected chi connectivity index (χ0v) is 9.42. The smallest absolute Gasteiger partial charge is 0.173 e. The molecule has 78 valence electrons. The molecule has 4 nitrogen and oxygen atoms in total. The average molecular weight is 212 g/mol. The van der Waals surface area contributed by atoms with Crippen molar-refractivity contribution in [3.63, 3.8) is 0 Å². The van der Waals surface area contributed by atoms with Crippen LogP contribution in [-0.2, 0) is 7.05 Å². The van der Waals surface area contributed by atoms with E-state index in [4.69, 9.17) is 5.73 Å². The van der Waals surface area contributed by atoms with Crippen molar-refractivity contribution in [2.24, 2.45) is 7.05 Å². The predicted octanol–water partition coefficient (Wildman–Crippen LogP) is 0.944. The van der Waals surface area contributed by atoms with Crippen LogP contribution in [0, 0.1) is 0 Å². The molecule has 0 aromatic carbocycles. The van der Waals surface area contributed by atoms with E-state index in [-0.39, 0.29) is 0 Å². The fourth-order valence-electron chi connectivity index (χ4n) is 1.85. The molecule has 2 heterocycles. The Labute approximate surface area is 88.4 Å². The van der Waals surface area contributed by atoms with E-state index in [1.807, 2.05) is 25.0 Å². The Morgan fingerprint density at radius 1 is 1.64 bits per heavy atom. The molecule has 0 bridgehead atoms. The third-order valence-corrected chi connectivity index (χ3v) is 3.67. The van der Waals surface area contributed by atoms with Gasteiger partial charge in [-0.2, -0.15) is 16.9 Å². The first kappa shape index (κ1) is 9.71. The maximum Gasteiger partial charge on any atom is 0.173 e. The van der Waals surface area contributed by atoms with Gasteiger partial charge >= 0.3 is 0 Å². The Hall–Kier alpha value is -0.840. The summed E-state index contributed by atoms with van der Waals surface area (Å²) in [6.45, 7) is 2.15. The van der Waals surface area contributed by atoms with Crippen molar-refractivity contribution in [2.75, 3.05) is 30.0 Å². The lowest BCUT2D eigenvalue weighted by molar-refractivity contribution is 0.755.